The topological polar surface area (TPSA) is 75.6 Å². The maximum Gasteiger partial charge on any atom is 0.511 e. The van der Waals surface area contributed by atoms with Crippen molar-refractivity contribution in [2.75, 3.05) is 0 Å². The first-order valence-corrected chi connectivity index (χ1v) is 11.6. The molecule has 5 nitrogen and oxygen atoms in total. The first-order chi connectivity index (χ1) is 13.9. The second kappa shape index (κ2) is 7.13. The van der Waals surface area contributed by atoms with Gasteiger partial charge >= 0.3 is 6.16 Å². The molecule has 5 heteroatoms. The zero-order valence-corrected chi connectivity index (χ0v) is 19.1. The molecular formula is C25H37NO4. The van der Waals surface area contributed by atoms with Crippen LogP contribution in [0.15, 0.2) is 23.5 Å². The van der Waals surface area contributed by atoms with E-state index in [9.17, 15) is 9.59 Å². The minimum absolute atomic E-state index is 0.0847. The molecule has 0 spiro atoms. The van der Waals surface area contributed by atoms with Crippen molar-refractivity contribution < 1.29 is 19.4 Å². The van der Waals surface area contributed by atoms with Gasteiger partial charge in [0.1, 0.15) is 5.76 Å². The van der Waals surface area contributed by atoms with Gasteiger partial charge in [0, 0.05) is 11.5 Å². The molecule has 0 heterocycles. The van der Waals surface area contributed by atoms with Crippen molar-refractivity contribution in [1.82, 2.24) is 5.32 Å². The lowest BCUT2D eigenvalue weighted by Crippen LogP contribution is -2.53. The first-order valence-electron chi connectivity index (χ1n) is 11.6. The highest BCUT2D eigenvalue weighted by Gasteiger charge is 2.60. The molecule has 4 aliphatic rings. The molecule has 30 heavy (non-hydrogen) atoms. The predicted octanol–water partition coefficient (Wildman–Crippen LogP) is 5.67. The molecule has 0 aromatic carbocycles. The zero-order chi connectivity index (χ0) is 21.9. The number of hydrogen-bond acceptors (Lipinski definition) is 3. The van der Waals surface area contributed by atoms with E-state index in [1.54, 1.807) is 0 Å². The van der Waals surface area contributed by atoms with E-state index in [2.05, 4.69) is 39.9 Å². The van der Waals surface area contributed by atoms with E-state index < -0.39 is 6.16 Å². The summed E-state index contributed by atoms with van der Waals surface area (Å²) in [4.78, 5) is 24.0. The number of nitrogens with one attached hydrogen (secondary N) is 1. The van der Waals surface area contributed by atoms with Crippen LogP contribution < -0.4 is 5.32 Å². The summed E-state index contributed by atoms with van der Waals surface area (Å²) in [7, 11) is 0. The fraction of sp³-hybridized carbons (Fsp3) is 0.760. The van der Waals surface area contributed by atoms with Gasteiger partial charge in [-0.15, -0.1) is 0 Å². The summed E-state index contributed by atoms with van der Waals surface area (Å²) < 4.78 is 4.94. The molecule has 0 aromatic rings. The maximum atomic E-state index is 13.1. The number of carbonyl (C=O) groups is 2. The standard InChI is InChI=1S/C25H37NO4/c1-23(2,3)26-21(27)20-9-8-18-17-7-6-15-14-16(30-22(28)29)10-12-24(15,4)19(17)11-13-25(18,20)5/h10,14,17-20H,6-9,11-13H2,1-5H3,(H,26,27)(H,28,29)/t17-,18-,19-,20+,24-,25-/m0/s1. The molecule has 2 N–H and O–H groups in total. The summed E-state index contributed by atoms with van der Waals surface area (Å²) in [6.07, 6.45) is 10.1. The number of carbonyl (C=O) groups excluding carboxylic acids is 1. The van der Waals surface area contributed by atoms with Crippen LogP contribution in [0.2, 0.25) is 0 Å². The van der Waals surface area contributed by atoms with Crippen molar-refractivity contribution in [3.8, 4) is 0 Å². The van der Waals surface area contributed by atoms with Crippen LogP contribution in [0, 0.1) is 34.5 Å². The number of allylic oxidation sites excluding steroid dienone is 3. The van der Waals surface area contributed by atoms with Gasteiger partial charge in [0.2, 0.25) is 5.91 Å². The van der Waals surface area contributed by atoms with Crippen molar-refractivity contribution in [2.24, 2.45) is 34.5 Å². The van der Waals surface area contributed by atoms with E-state index in [1.807, 2.05) is 12.2 Å². The van der Waals surface area contributed by atoms with Gasteiger partial charge < -0.3 is 15.2 Å². The lowest BCUT2D eigenvalue weighted by atomic mass is 9.47. The number of ether oxygens (including phenoxy) is 1. The molecule has 0 radical (unpaired) electrons. The largest absolute Gasteiger partial charge is 0.511 e. The van der Waals surface area contributed by atoms with E-state index in [4.69, 9.17) is 9.84 Å². The van der Waals surface area contributed by atoms with Crippen molar-refractivity contribution in [3.05, 3.63) is 23.5 Å². The van der Waals surface area contributed by atoms with Crippen molar-refractivity contribution in [2.45, 2.75) is 85.1 Å². The Balaban J connectivity index is 1.54. The van der Waals surface area contributed by atoms with Crippen molar-refractivity contribution in [1.29, 1.82) is 0 Å². The molecular weight excluding hydrogens is 378 g/mol. The Hall–Kier alpha value is -1.78. The quantitative estimate of drug-likeness (QED) is 0.570. The molecule has 0 aromatic heterocycles. The van der Waals surface area contributed by atoms with Crippen LogP contribution in [0.25, 0.3) is 0 Å². The summed E-state index contributed by atoms with van der Waals surface area (Å²) in [6, 6.07) is 0. The Morgan fingerprint density at radius 3 is 2.53 bits per heavy atom. The number of hydrogen-bond donors (Lipinski definition) is 2. The van der Waals surface area contributed by atoms with Gasteiger partial charge in [-0.25, -0.2) is 4.79 Å². The molecule has 166 valence electrons. The monoisotopic (exact) mass is 415 g/mol. The summed E-state index contributed by atoms with van der Waals surface area (Å²) >= 11 is 0. The zero-order valence-electron chi connectivity index (χ0n) is 19.1. The Labute approximate surface area is 180 Å². The molecule has 1 amide bonds. The SMILES string of the molecule is CC(C)(C)NC(=O)[C@H]1CC[C@H]2[C@@H]3CCC4=CC(OC(=O)O)=CC[C@]4(C)[C@H]3CC[C@]12C. The minimum Gasteiger partial charge on any atom is -0.449 e. The van der Waals surface area contributed by atoms with Gasteiger partial charge in [0.25, 0.3) is 0 Å². The molecule has 4 aliphatic carbocycles. The van der Waals surface area contributed by atoms with E-state index >= 15 is 0 Å². The molecule has 0 bridgehead atoms. The summed E-state index contributed by atoms with van der Waals surface area (Å²) in [6.45, 7) is 10.9. The van der Waals surface area contributed by atoms with Crippen LogP contribution in [0.3, 0.4) is 0 Å². The van der Waals surface area contributed by atoms with Crippen molar-refractivity contribution in [3.63, 3.8) is 0 Å². The number of fused-ring (bicyclic) bond motifs is 5. The fourth-order valence-electron chi connectivity index (χ4n) is 7.45. The predicted molar refractivity (Wildman–Crippen MR) is 116 cm³/mol. The highest BCUT2D eigenvalue weighted by Crippen LogP contribution is 2.66. The smallest absolute Gasteiger partial charge is 0.449 e. The van der Waals surface area contributed by atoms with Crippen LogP contribution in [0.4, 0.5) is 4.79 Å². The molecule has 0 saturated heterocycles. The molecule has 4 rings (SSSR count). The lowest BCUT2D eigenvalue weighted by Gasteiger charge is -2.57. The summed E-state index contributed by atoms with van der Waals surface area (Å²) in [5.41, 5.74) is 1.34. The number of amides is 1. The highest BCUT2D eigenvalue weighted by molar-refractivity contribution is 5.80. The second-order valence-electron chi connectivity index (χ2n) is 11.6. The molecule has 3 saturated carbocycles. The van der Waals surface area contributed by atoms with Gasteiger partial charge in [-0.2, -0.15) is 0 Å². The Morgan fingerprint density at radius 1 is 1.13 bits per heavy atom. The summed E-state index contributed by atoms with van der Waals surface area (Å²) in [5, 5.41) is 12.2. The van der Waals surface area contributed by atoms with E-state index in [1.165, 1.54) is 5.57 Å². The Morgan fingerprint density at radius 2 is 1.87 bits per heavy atom. The highest BCUT2D eigenvalue weighted by atomic mass is 16.7. The van der Waals surface area contributed by atoms with Gasteiger partial charge in [-0.1, -0.05) is 19.4 Å². The van der Waals surface area contributed by atoms with Crippen LogP contribution in [0.5, 0.6) is 0 Å². The molecule has 0 unspecified atom stereocenters. The average molecular weight is 416 g/mol. The molecule has 0 aliphatic heterocycles. The molecule has 6 atom stereocenters. The number of rotatable bonds is 2. The minimum atomic E-state index is -1.24. The van der Waals surface area contributed by atoms with Crippen LogP contribution in [-0.2, 0) is 9.53 Å². The Kier molecular flexibility index (Phi) is 5.10. The van der Waals surface area contributed by atoms with Gasteiger partial charge in [-0.3, -0.25) is 4.79 Å². The molecule has 3 fully saturated rings. The van der Waals surface area contributed by atoms with E-state index in [-0.39, 0.29) is 28.2 Å². The second-order valence-corrected chi connectivity index (χ2v) is 11.6. The number of carboxylic acid groups (broad SMARTS) is 1. The van der Waals surface area contributed by atoms with E-state index in [0.29, 0.717) is 23.5 Å². The van der Waals surface area contributed by atoms with Crippen LogP contribution in [0.1, 0.15) is 79.6 Å². The first kappa shape index (κ1) is 21.5. The fourth-order valence-corrected chi connectivity index (χ4v) is 7.45. The summed E-state index contributed by atoms with van der Waals surface area (Å²) in [5.74, 6) is 2.69. The third-order valence-electron chi connectivity index (χ3n) is 8.80. The average Bonchev–Trinajstić information content (AvgIpc) is 2.97. The third-order valence-corrected chi connectivity index (χ3v) is 8.80. The van der Waals surface area contributed by atoms with Gasteiger partial charge in [0.05, 0.1) is 0 Å². The third kappa shape index (κ3) is 3.48. The maximum absolute atomic E-state index is 13.1. The van der Waals surface area contributed by atoms with Crippen LogP contribution >= 0.6 is 0 Å². The van der Waals surface area contributed by atoms with E-state index in [0.717, 1.165) is 44.9 Å². The van der Waals surface area contributed by atoms with Crippen molar-refractivity contribution >= 4 is 12.1 Å². The Bertz CT molecular complexity index is 806. The lowest BCUT2D eigenvalue weighted by molar-refractivity contribution is -0.133. The van der Waals surface area contributed by atoms with Crippen LogP contribution in [-0.4, -0.2) is 22.7 Å². The normalized spacial score (nSPS) is 40.3. The van der Waals surface area contributed by atoms with Gasteiger partial charge in [0.15, 0.2) is 0 Å². The van der Waals surface area contributed by atoms with Gasteiger partial charge in [-0.05, 0) is 106 Å².